The molecule has 1 aliphatic heterocycles. The number of ether oxygens (including phenoxy) is 1. The van der Waals surface area contributed by atoms with Gasteiger partial charge >= 0.3 is 0 Å². The Morgan fingerprint density at radius 3 is 2.57 bits per heavy atom. The smallest absolute Gasteiger partial charge is 0.240 e. The van der Waals surface area contributed by atoms with Crippen LogP contribution in [0.1, 0.15) is 11.8 Å². The Balaban J connectivity index is 1.87. The van der Waals surface area contributed by atoms with Crippen molar-refractivity contribution in [2.75, 3.05) is 0 Å². The van der Waals surface area contributed by atoms with Crippen LogP contribution in [0.4, 0.5) is 8.78 Å². The Morgan fingerprint density at radius 2 is 1.90 bits per heavy atom. The highest BCUT2D eigenvalue weighted by atomic mass is 19.1. The maximum atomic E-state index is 14.2. The SMILES string of the molecule is Fc1ccc(C2(n3cncn3)OC2n2cncn2)c(F)c1. The Kier molecular flexibility index (Phi) is 2.39. The van der Waals surface area contributed by atoms with Gasteiger partial charge in [-0.3, -0.25) is 0 Å². The molecule has 0 radical (unpaired) electrons. The molecule has 3 heterocycles. The van der Waals surface area contributed by atoms with Crippen LogP contribution in [0.25, 0.3) is 0 Å². The van der Waals surface area contributed by atoms with Crippen LogP contribution in [0.2, 0.25) is 0 Å². The molecule has 4 rings (SSSR count). The van der Waals surface area contributed by atoms with E-state index in [0.717, 1.165) is 12.1 Å². The first-order chi connectivity index (χ1) is 10.2. The van der Waals surface area contributed by atoms with E-state index in [1.165, 1.54) is 40.7 Å². The fourth-order valence-electron chi connectivity index (χ4n) is 2.35. The van der Waals surface area contributed by atoms with Gasteiger partial charge in [-0.1, -0.05) is 0 Å². The molecule has 0 amide bonds. The van der Waals surface area contributed by atoms with Crippen molar-refractivity contribution in [1.82, 2.24) is 29.5 Å². The summed E-state index contributed by atoms with van der Waals surface area (Å²) in [5.41, 5.74) is -1.10. The monoisotopic (exact) mass is 290 g/mol. The largest absolute Gasteiger partial charge is 0.314 e. The van der Waals surface area contributed by atoms with E-state index in [1.807, 2.05) is 0 Å². The third-order valence-electron chi connectivity index (χ3n) is 3.32. The highest BCUT2D eigenvalue weighted by molar-refractivity contribution is 5.30. The number of aromatic nitrogens is 6. The number of hydrogen-bond donors (Lipinski definition) is 0. The Labute approximate surface area is 116 Å². The minimum atomic E-state index is -1.25. The van der Waals surface area contributed by atoms with Gasteiger partial charge in [-0.25, -0.2) is 28.1 Å². The summed E-state index contributed by atoms with van der Waals surface area (Å²) in [5, 5.41) is 7.99. The molecule has 0 spiro atoms. The third-order valence-corrected chi connectivity index (χ3v) is 3.32. The van der Waals surface area contributed by atoms with Crippen LogP contribution >= 0.6 is 0 Å². The average Bonchev–Trinajstić information content (AvgIpc) is 2.93. The Hall–Kier alpha value is -2.68. The molecule has 9 heteroatoms. The maximum absolute atomic E-state index is 14.2. The van der Waals surface area contributed by atoms with Gasteiger partial charge in [0.1, 0.15) is 36.9 Å². The molecular formula is C12H8F2N6O. The topological polar surface area (TPSA) is 74.0 Å². The van der Waals surface area contributed by atoms with Crippen LogP contribution in [-0.2, 0) is 10.5 Å². The quantitative estimate of drug-likeness (QED) is 0.675. The second kappa shape index (κ2) is 4.16. The van der Waals surface area contributed by atoms with Gasteiger partial charge in [0, 0.05) is 11.6 Å². The zero-order valence-corrected chi connectivity index (χ0v) is 10.5. The van der Waals surface area contributed by atoms with Gasteiger partial charge in [0.25, 0.3) is 0 Å². The van der Waals surface area contributed by atoms with Crippen molar-refractivity contribution in [2.24, 2.45) is 0 Å². The Bertz CT molecular complexity index is 775. The molecule has 0 bridgehead atoms. The van der Waals surface area contributed by atoms with Crippen LogP contribution in [0.15, 0.2) is 43.5 Å². The molecule has 1 aromatic carbocycles. The zero-order valence-electron chi connectivity index (χ0n) is 10.5. The van der Waals surface area contributed by atoms with E-state index >= 15 is 0 Å². The van der Waals surface area contributed by atoms with Crippen LogP contribution in [-0.4, -0.2) is 29.5 Å². The predicted octanol–water partition coefficient (Wildman–Crippen LogP) is 1.08. The molecule has 0 saturated carbocycles. The molecule has 2 unspecified atom stereocenters. The Morgan fingerprint density at radius 1 is 1.10 bits per heavy atom. The first-order valence-corrected chi connectivity index (χ1v) is 6.04. The fraction of sp³-hybridized carbons (Fsp3) is 0.167. The lowest BCUT2D eigenvalue weighted by molar-refractivity contribution is 0.232. The van der Waals surface area contributed by atoms with Crippen LogP contribution < -0.4 is 0 Å². The summed E-state index contributed by atoms with van der Waals surface area (Å²) in [6.45, 7) is 0. The average molecular weight is 290 g/mol. The molecule has 0 N–H and O–H groups in total. The van der Waals surface area contributed by atoms with Crippen molar-refractivity contribution in [3.05, 3.63) is 60.7 Å². The van der Waals surface area contributed by atoms with Gasteiger partial charge in [-0.2, -0.15) is 10.2 Å². The van der Waals surface area contributed by atoms with Gasteiger partial charge in [0.2, 0.25) is 12.0 Å². The van der Waals surface area contributed by atoms with E-state index in [0.29, 0.717) is 0 Å². The number of halogens is 2. The summed E-state index contributed by atoms with van der Waals surface area (Å²) in [5.74, 6) is -1.39. The first kappa shape index (κ1) is 12.1. The summed E-state index contributed by atoms with van der Waals surface area (Å²) >= 11 is 0. The molecule has 0 aliphatic carbocycles. The van der Waals surface area contributed by atoms with Gasteiger partial charge in [0.05, 0.1) is 0 Å². The van der Waals surface area contributed by atoms with Crippen molar-refractivity contribution >= 4 is 0 Å². The normalized spacial score (nSPS) is 24.2. The van der Waals surface area contributed by atoms with Crippen molar-refractivity contribution in [2.45, 2.75) is 12.0 Å². The van der Waals surface area contributed by atoms with E-state index in [2.05, 4.69) is 20.2 Å². The van der Waals surface area contributed by atoms with Crippen LogP contribution in [0.5, 0.6) is 0 Å². The summed E-state index contributed by atoms with van der Waals surface area (Å²) < 4.78 is 35.8. The second-order valence-electron chi connectivity index (χ2n) is 4.51. The minimum Gasteiger partial charge on any atom is -0.314 e. The van der Waals surface area contributed by atoms with E-state index < -0.39 is 23.6 Å². The minimum absolute atomic E-state index is 0.148. The molecular weight excluding hydrogens is 282 g/mol. The molecule has 1 aliphatic rings. The predicted molar refractivity (Wildman–Crippen MR) is 63.6 cm³/mol. The number of rotatable bonds is 3. The molecule has 2 aromatic heterocycles. The molecule has 1 saturated heterocycles. The van der Waals surface area contributed by atoms with Gasteiger partial charge in [-0.05, 0) is 12.1 Å². The van der Waals surface area contributed by atoms with Crippen molar-refractivity contribution < 1.29 is 13.5 Å². The number of nitrogens with zero attached hydrogens (tertiary/aromatic N) is 6. The van der Waals surface area contributed by atoms with Gasteiger partial charge in [0.15, 0.2) is 0 Å². The molecule has 106 valence electrons. The first-order valence-electron chi connectivity index (χ1n) is 6.04. The maximum Gasteiger partial charge on any atom is 0.240 e. The van der Waals surface area contributed by atoms with Crippen LogP contribution in [0.3, 0.4) is 0 Å². The van der Waals surface area contributed by atoms with E-state index in [1.54, 1.807) is 0 Å². The molecule has 21 heavy (non-hydrogen) atoms. The highest BCUT2D eigenvalue weighted by Crippen LogP contribution is 2.54. The molecule has 7 nitrogen and oxygen atoms in total. The number of hydrogen-bond acceptors (Lipinski definition) is 5. The summed E-state index contributed by atoms with van der Waals surface area (Å²) in [7, 11) is 0. The summed E-state index contributed by atoms with van der Waals surface area (Å²) in [4.78, 5) is 7.68. The molecule has 3 aromatic rings. The van der Waals surface area contributed by atoms with E-state index in [9.17, 15) is 8.78 Å². The lowest BCUT2D eigenvalue weighted by atomic mass is 10.1. The van der Waals surface area contributed by atoms with E-state index in [4.69, 9.17) is 4.74 Å². The number of benzene rings is 1. The summed E-state index contributed by atoms with van der Waals surface area (Å²) in [6.07, 6.45) is 4.87. The lowest BCUT2D eigenvalue weighted by Crippen LogP contribution is -2.25. The van der Waals surface area contributed by atoms with Crippen molar-refractivity contribution in [3.63, 3.8) is 0 Å². The van der Waals surface area contributed by atoms with Crippen LogP contribution in [0, 0.1) is 11.6 Å². The summed E-state index contributed by atoms with van der Waals surface area (Å²) in [6, 6.07) is 3.29. The lowest BCUT2D eigenvalue weighted by Gasteiger charge is -2.14. The highest BCUT2D eigenvalue weighted by Gasteiger charge is 2.64. The number of epoxide rings is 1. The third kappa shape index (κ3) is 1.67. The fourth-order valence-corrected chi connectivity index (χ4v) is 2.35. The van der Waals surface area contributed by atoms with E-state index in [-0.39, 0.29) is 5.56 Å². The molecule has 2 atom stereocenters. The standard InChI is InChI=1S/C12H8F2N6O/c13-8-1-2-9(10(14)3-8)12(20-7-16-5-18-20)11(21-12)19-6-15-4-17-19/h1-7,11H. The van der Waals surface area contributed by atoms with Crippen molar-refractivity contribution in [3.8, 4) is 0 Å². The molecule has 1 fully saturated rings. The van der Waals surface area contributed by atoms with Gasteiger partial charge < -0.3 is 4.74 Å². The van der Waals surface area contributed by atoms with Gasteiger partial charge in [-0.15, -0.1) is 0 Å². The van der Waals surface area contributed by atoms with Crippen molar-refractivity contribution in [1.29, 1.82) is 0 Å². The second-order valence-corrected chi connectivity index (χ2v) is 4.51. The zero-order chi connectivity index (χ0) is 14.4.